The molecule has 0 spiro atoms. The van der Waals surface area contributed by atoms with E-state index in [1.165, 1.54) is 25.7 Å². The number of aliphatic hydroxyl groups excluding tert-OH is 1. The van der Waals surface area contributed by atoms with E-state index in [1.54, 1.807) is 18.6 Å². The minimum atomic E-state index is 0.482. The topological polar surface area (TPSA) is 116 Å². The molecule has 3 N–H and O–H groups in total. The van der Waals surface area contributed by atoms with Crippen LogP contribution in [0.4, 0.5) is 17.6 Å². The smallest absolute Gasteiger partial charge is 0.230 e. The number of aromatic amines is 1. The third-order valence-corrected chi connectivity index (χ3v) is 4.97. The van der Waals surface area contributed by atoms with Gasteiger partial charge in [-0.1, -0.05) is 26.7 Å². The lowest BCUT2D eigenvalue weighted by atomic mass is 10.2. The molecule has 9 nitrogen and oxygen atoms in total. The number of rotatable bonds is 4. The molecule has 5 rings (SSSR count). The highest BCUT2D eigenvalue weighted by atomic mass is 16.2. The van der Waals surface area contributed by atoms with Crippen LogP contribution in [0, 0.1) is 0 Å². The first-order valence-electron chi connectivity index (χ1n) is 10.7. The Morgan fingerprint density at radius 1 is 1.00 bits per heavy atom. The van der Waals surface area contributed by atoms with Crippen LogP contribution < -0.4 is 10.2 Å². The third kappa shape index (κ3) is 5.43. The zero-order chi connectivity index (χ0) is 22.1. The van der Waals surface area contributed by atoms with E-state index in [0.29, 0.717) is 11.8 Å². The maximum absolute atomic E-state index is 7.00. The number of aliphatic hydroxyl groups is 1. The zero-order valence-electron chi connectivity index (χ0n) is 18.3. The molecule has 0 radical (unpaired) electrons. The molecule has 0 aliphatic carbocycles. The second kappa shape index (κ2) is 11.2. The monoisotopic (exact) mass is 422 g/mol. The van der Waals surface area contributed by atoms with Crippen LogP contribution in [-0.2, 0) is 0 Å². The van der Waals surface area contributed by atoms with Crippen LogP contribution in [0.15, 0.2) is 36.8 Å². The van der Waals surface area contributed by atoms with Gasteiger partial charge in [0.15, 0.2) is 11.6 Å². The van der Waals surface area contributed by atoms with Crippen molar-refractivity contribution < 1.29 is 5.11 Å². The van der Waals surface area contributed by atoms with Gasteiger partial charge in [-0.05, 0) is 31.0 Å². The summed E-state index contributed by atoms with van der Waals surface area (Å²) < 4.78 is 0. The molecule has 1 aliphatic rings. The number of fused-ring (bicyclic) bond motifs is 3. The first-order chi connectivity index (χ1) is 15.3. The first kappa shape index (κ1) is 22.4. The Hall–Kier alpha value is -3.33. The molecule has 1 saturated heterocycles. The minimum Gasteiger partial charge on any atom is -0.400 e. The molecular weight excluding hydrogens is 392 g/mol. The van der Waals surface area contributed by atoms with Crippen molar-refractivity contribution in [2.75, 3.05) is 30.4 Å². The molecule has 4 aromatic heterocycles. The largest absolute Gasteiger partial charge is 0.400 e. The summed E-state index contributed by atoms with van der Waals surface area (Å²) in [5.74, 6) is 2.03. The van der Waals surface area contributed by atoms with Crippen LogP contribution in [0.2, 0.25) is 0 Å². The second-order valence-corrected chi connectivity index (χ2v) is 7.10. The van der Waals surface area contributed by atoms with Crippen molar-refractivity contribution >= 4 is 39.5 Å². The van der Waals surface area contributed by atoms with Gasteiger partial charge in [0, 0.05) is 43.4 Å². The number of anilines is 3. The van der Waals surface area contributed by atoms with E-state index in [9.17, 15) is 0 Å². The van der Waals surface area contributed by atoms with Crippen molar-refractivity contribution in [1.82, 2.24) is 30.1 Å². The Morgan fingerprint density at radius 3 is 2.45 bits per heavy atom. The summed E-state index contributed by atoms with van der Waals surface area (Å²) in [4.78, 5) is 18.5. The van der Waals surface area contributed by atoms with Crippen LogP contribution in [-0.4, -0.2) is 55.4 Å². The zero-order valence-corrected chi connectivity index (χ0v) is 18.3. The number of nitrogens with one attached hydrogen (secondary N) is 2. The Labute approximate surface area is 182 Å². The van der Waals surface area contributed by atoms with Crippen LogP contribution in [0.5, 0.6) is 0 Å². The molecule has 0 atom stereocenters. The molecular formula is C22H30N8O. The average molecular weight is 423 g/mol. The lowest BCUT2D eigenvalue weighted by Crippen LogP contribution is -2.19. The van der Waals surface area contributed by atoms with Gasteiger partial charge in [-0.3, -0.25) is 4.98 Å². The molecule has 5 heterocycles. The Kier molecular flexibility index (Phi) is 8.05. The van der Waals surface area contributed by atoms with Gasteiger partial charge in [0.25, 0.3) is 0 Å². The van der Waals surface area contributed by atoms with Crippen molar-refractivity contribution in [3.63, 3.8) is 0 Å². The molecule has 31 heavy (non-hydrogen) atoms. The number of nitrogens with zero attached hydrogens (tertiary/aromatic N) is 6. The molecule has 9 heteroatoms. The molecule has 1 aliphatic heterocycles. The maximum atomic E-state index is 7.00. The van der Waals surface area contributed by atoms with E-state index < -0.39 is 0 Å². The second-order valence-electron chi connectivity index (χ2n) is 7.10. The summed E-state index contributed by atoms with van der Waals surface area (Å²) in [5, 5.41) is 20.7. The standard InChI is InChI=1S/C17H16N8.C4H10.CH4O/c1-2-8-25(7-1)15-4-3-14(23-24-15)21-17-19-9-12-11-5-6-18-10-13(11)20-16(12)22-17;1-3-4-2;1-2/h3-6,9-10H,1-2,7-8H2,(H2,19,20,21,22,23);3-4H2,1-2H3;2H,1H3. The van der Waals surface area contributed by atoms with Gasteiger partial charge in [-0.2, -0.15) is 4.98 Å². The van der Waals surface area contributed by atoms with Gasteiger partial charge in [-0.25, -0.2) is 4.98 Å². The lowest BCUT2D eigenvalue weighted by Gasteiger charge is -2.15. The number of pyridine rings is 1. The summed E-state index contributed by atoms with van der Waals surface area (Å²) in [6.07, 6.45) is 10.4. The number of unbranched alkanes of at least 4 members (excludes halogenated alkanes) is 1. The van der Waals surface area contributed by atoms with E-state index >= 15 is 0 Å². The van der Waals surface area contributed by atoms with Gasteiger partial charge < -0.3 is 20.3 Å². The van der Waals surface area contributed by atoms with Crippen molar-refractivity contribution in [2.24, 2.45) is 0 Å². The van der Waals surface area contributed by atoms with Crippen molar-refractivity contribution in [3.8, 4) is 0 Å². The van der Waals surface area contributed by atoms with Gasteiger partial charge in [-0.15, -0.1) is 10.2 Å². The van der Waals surface area contributed by atoms with Gasteiger partial charge >= 0.3 is 0 Å². The fourth-order valence-electron chi connectivity index (χ4n) is 3.21. The number of hydrogen-bond acceptors (Lipinski definition) is 8. The SMILES string of the molecule is CCCC.CO.c1cc2c(cn1)[nH]c1nc(Nc3ccc(N4CCCC4)nn3)ncc12. The number of aromatic nitrogens is 6. The normalized spacial score (nSPS) is 12.8. The Bertz CT molecular complexity index is 1070. The molecule has 0 unspecified atom stereocenters. The predicted molar refractivity (Wildman–Crippen MR) is 125 cm³/mol. The molecule has 0 aromatic carbocycles. The molecule has 164 valence electrons. The van der Waals surface area contributed by atoms with E-state index in [1.807, 2.05) is 18.2 Å². The summed E-state index contributed by atoms with van der Waals surface area (Å²) in [6.45, 7) is 6.47. The summed E-state index contributed by atoms with van der Waals surface area (Å²) in [7, 11) is 1.00. The van der Waals surface area contributed by atoms with Crippen LogP contribution in [0.3, 0.4) is 0 Å². The highest BCUT2D eigenvalue weighted by molar-refractivity contribution is 6.05. The minimum absolute atomic E-state index is 0.482. The molecule has 4 aromatic rings. The summed E-state index contributed by atoms with van der Waals surface area (Å²) >= 11 is 0. The summed E-state index contributed by atoms with van der Waals surface area (Å²) in [5.41, 5.74) is 1.71. The number of hydrogen-bond donors (Lipinski definition) is 3. The van der Waals surface area contributed by atoms with Gasteiger partial charge in [0.05, 0.1) is 11.7 Å². The molecule has 0 bridgehead atoms. The summed E-state index contributed by atoms with van der Waals surface area (Å²) in [6, 6.07) is 5.84. The average Bonchev–Trinajstić information content (AvgIpc) is 3.49. The number of H-pyrrole nitrogens is 1. The molecule has 0 saturated carbocycles. The highest BCUT2D eigenvalue weighted by Crippen LogP contribution is 2.24. The molecule has 1 fully saturated rings. The fraction of sp³-hybridized carbons (Fsp3) is 0.409. The molecule has 0 amide bonds. The third-order valence-electron chi connectivity index (χ3n) is 4.97. The van der Waals surface area contributed by atoms with Crippen molar-refractivity contribution in [1.29, 1.82) is 0 Å². The van der Waals surface area contributed by atoms with Crippen LogP contribution >= 0.6 is 0 Å². The van der Waals surface area contributed by atoms with Crippen molar-refractivity contribution in [2.45, 2.75) is 39.5 Å². The van der Waals surface area contributed by atoms with Gasteiger partial charge in [0.2, 0.25) is 5.95 Å². The Morgan fingerprint density at radius 2 is 1.77 bits per heavy atom. The van der Waals surface area contributed by atoms with Crippen LogP contribution in [0.1, 0.15) is 39.5 Å². The van der Waals surface area contributed by atoms with E-state index in [2.05, 4.69) is 54.2 Å². The van der Waals surface area contributed by atoms with E-state index in [-0.39, 0.29) is 0 Å². The quantitative estimate of drug-likeness (QED) is 0.451. The van der Waals surface area contributed by atoms with Crippen molar-refractivity contribution in [3.05, 3.63) is 36.8 Å². The fourth-order valence-corrected chi connectivity index (χ4v) is 3.21. The van der Waals surface area contributed by atoms with E-state index in [4.69, 9.17) is 5.11 Å². The maximum Gasteiger partial charge on any atom is 0.230 e. The Balaban J connectivity index is 0.000000411. The highest BCUT2D eigenvalue weighted by Gasteiger charge is 2.14. The van der Waals surface area contributed by atoms with Crippen LogP contribution in [0.25, 0.3) is 21.9 Å². The lowest BCUT2D eigenvalue weighted by molar-refractivity contribution is 0.399. The van der Waals surface area contributed by atoms with Gasteiger partial charge in [0.1, 0.15) is 5.65 Å². The first-order valence-corrected chi connectivity index (χ1v) is 10.7. The van der Waals surface area contributed by atoms with E-state index in [0.717, 1.165) is 48.0 Å². The predicted octanol–water partition coefficient (Wildman–Crippen LogP) is 4.05.